The molecule has 0 aromatic heterocycles. The van der Waals surface area contributed by atoms with Crippen LogP contribution in [0.3, 0.4) is 0 Å². The topological polar surface area (TPSA) is 67.9 Å². The summed E-state index contributed by atoms with van der Waals surface area (Å²) < 4.78 is 10.9. The Morgan fingerprint density at radius 1 is 0.886 bits per heavy atom. The molecule has 3 aromatic carbocycles. The number of ether oxygens (including phenoxy) is 2. The van der Waals surface area contributed by atoms with Gasteiger partial charge in [-0.3, -0.25) is 9.59 Å². The molecule has 0 aliphatic heterocycles. The van der Waals surface area contributed by atoms with Crippen molar-refractivity contribution in [2.24, 2.45) is 0 Å². The molecular formula is C29H34N2O4. The summed E-state index contributed by atoms with van der Waals surface area (Å²) in [6.07, 6.45) is 1.27. The molecule has 0 aliphatic carbocycles. The number of aryl methyl sites for hydroxylation is 1. The minimum Gasteiger partial charge on any atom is -0.497 e. The summed E-state index contributed by atoms with van der Waals surface area (Å²) in [6.45, 7) is 2.79. The quantitative estimate of drug-likeness (QED) is 0.391. The second-order valence-electron chi connectivity index (χ2n) is 8.45. The molecule has 6 heteroatoms. The van der Waals surface area contributed by atoms with Crippen LogP contribution in [0.4, 0.5) is 0 Å². The molecule has 1 N–H and O–H groups in total. The second-order valence-corrected chi connectivity index (χ2v) is 8.45. The number of carbonyl (C=O) groups is 2. The van der Waals surface area contributed by atoms with Gasteiger partial charge in [0.1, 0.15) is 17.5 Å². The first-order valence-electron chi connectivity index (χ1n) is 11.9. The fourth-order valence-electron chi connectivity index (χ4n) is 3.84. The average molecular weight is 475 g/mol. The van der Waals surface area contributed by atoms with Crippen molar-refractivity contribution >= 4 is 11.8 Å². The maximum atomic E-state index is 13.4. The highest BCUT2D eigenvalue weighted by molar-refractivity contribution is 5.87. The van der Waals surface area contributed by atoms with Crippen LogP contribution in [0.5, 0.6) is 11.5 Å². The van der Waals surface area contributed by atoms with Crippen molar-refractivity contribution in [3.63, 3.8) is 0 Å². The van der Waals surface area contributed by atoms with E-state index in [1.807, 2.05) is 85.8 Å². The molecule has 3 rings (SSSR count). The molecule has 0 radical (unpaired) electrons. The van der Waals surface area contributed by atoms with E-state index in [2.05, 4.69) is 5.32 Å². The standard InChI is InChI=1S/C29H34N2O4/c1-22-11-13-24(14-12-22)21-31(27(29(33)30-2)20-23-8-5-4-6-9-23)28(32)10-7-19-35-26-17-15-25(34-3)16-18-26/h4-6,8-9,11-18,27H,7,10,19-21H2,1-3H3,(H,30,33)/t27-/m1/s1. The van der Waals surface area contributed by atoms with Crippen LogP contribution in [0.2, 0.25) is 0 Å². The van der Waals surface area contributed by atoms with Crippen LogP contribution in [0, 0.1) is 6.92 Å². The third-order valence-corrected chi connectivity index (χ3v) is 5.85. The maximum Gasteiger partial charge on any atom is 0.242 e. The monoisotopic (exact) mass is 474 g/mol. The zero-order chi connectivity index (χ0) is 25.0. The fraction of sp³-hybridized carbons (Fsp3) is 0.310. The van der Waals surface area contributed by atoms with Crippen molar-refractivity contribution in [2.45, 2.75) is 38.8 Å². The lowest BCUT2D eigenvalue weighted by atomic mass is 10.0. The number of nitrogens with one attached hydrogen (secondary N) is 1. The van der Waals surface area contributed by atoms with Crippen LogP contribution in [0.15, 0.2) is 78.9 Å². The summed E-state index contributed by atoms with van der Waals surface area (Å²) in [4.78, 5) is 28.1. The van der Waals surface area contributed by atoms with Gasteiger partial charge in [0.25, 0.3) is 0 Å². The number of methoxy groups -OCH3 is 1. The molecule has 35 heavy (non-hydrogen) atoms. The minimum absolute atomic E-state index is 0.0755. The Morgan fingerprint density at radius 2 is 1.54 bits per heavy atom. The largest absolute Gasteiger partial charge is 0.497 e. The number of rotatable bonds is 12. The second kappa shape index (κ2) is 13.2. The lowest BCUT2D eigenvalue weighted by Crippen LogP contribution is -2.49. The zero-order valence-electron chi connectivity index (χ0n) is 20.7. The van der Waals surface area contributed by atoms with Crippen LogP contribution >= 0.6 is 0 Å². The Balaban J connectivity index is 1.71. The van der Waals surface area contributed by atoms with Gasteiger partial charge in [-0.1, -0.05) is 60.2 Å². The van der Waals surface area contributed by atoms with Crippen LogP contribution in [-0.2, 0) is 22.6 Å². The molecule has 3 aromatic rings. The third-order valence-electron chi connectivity index (χ3n) is 5.85. The van der Waals surface area contributed by atoms with Crippen molar-refractivity contribution < 1.29 is 19.1 Å². The first kappa shape index (κ1) is 25.8. The molecule has 2 amide bonds. The molecule has 0 aliphatic rings. The van der Waals surface area contributed by atoms with Crippen molar-refractivity contribution in [2.75, 3.05) is 20.8 Å². The van der Waals surface area contributed by atoms with Crippen molar-refractivity contribution in [3.8, 4) is 11.5 Å². The molecule has 0 fully saturated rings. The van der Waals surface area contributed by atoms with Crippen molar-refractivity contribution in [1.29, 1.82) is 0 Å². The molecule has 0 unspecified atom stereocenters. The van der Waals surface area contributed by atoms with Crippen molar-refractivity contribution in [3.05, 3.63) is 95.6 Å². The van der Waals surface area contributed by atoms with E-state index in [9.17, 15) is 9.59 Å². The number of hydrogen-bond acceptors (Lipinski definition) is 4. The van der Waals surface area contributed by atoms with Crippen molar-refractivity contribution in [1.82, 2.24) is 10.2 Å². The van der Waals surface area contributed by atoms with E-state index in [0.29, 0.717) is 26.0 Å². The number of likely N-dealkylation sites (N-methyl/N-ethyl adjacent to an activating group) is 1. The number of nitrogens with zero attached hydrogens (tertiary/aromatic N) is 1. The molecule has 6 nitrogen and oxygen atoms in total. The molecule has 0 heterocycles. The predicted molar refractivity (Wildman–Crippen MR) is 137 cm³/mol. The van der Waals surface area contributed by atoms with Gasteiger partial charge in [0, 0.05) is 26.4 Å². The van der Waals surface area contributed by atoms with Gasteiger partial charge in [-0.25, -0.2) is 0 Å². The maximum absolute atomic E-state index is 13.4. The fourth-order valence-corrected chi connectivity index (χ4v) is 3.84. The van der Waals surface area contributed by atoms with Gasteiger partial charge < -0.3 is 19.7 Å². The first-order chi connectivity index (χ1) is 17.0. The number of carbonyl (C=O) groups excluding carboxylic acids is 2. The number of amides is 2. The normalized spacial score (nSPS) is 11.4. The van der Waals surface area contributed by atoms with Gasteiger partial charge in [0.2, 0.25) is 11.8 Å². The average Bonchev–Trinajstić information content (AvgIpc) is 2.90. The highest BCUT2D eigenvalue weighted by Crippen LogP contribution is 2.19. The van der Waals surface area contributed by atoms with E-state index >= 15 is 0 Å². The summed E-state index contributed by atoms with van der Waals surface area (Å²) in [7, 11) is 3.23. The van der Waals surface area contributed by atoms with E-state index in [4.69, 9.17) is 9.47 Å². The van der Waals surface area contributed by atoms with Crippen LogP contribution < -0.4 is 14.8 Å². The number of hydrogen-bond donors (Lipinski definition) is 1. The highest BCUT2D eigenvalue weighted by atomic mass is 16.5. The summed E-state index contributed by atoms with van der Waals surface area (Å²) in [5.41, 5.74) is 3.14. The van der Waals surface area contributed by atoms with Crippen LogP contribution in [0.25, 0.3) is 0 Å². The lowest BCUT2D eigenvalue weighted by Gasteiger charge is -2.31. The summed E-state index contributed by atoms with van der Waals surface area (Å²) >= 11 is 0. The molecular weight excluding hydrogens is 440 g/mol. The molecule has 1 atom stereocenters. The summed E-state index contributed by atoms with van der Waals surface area (Å²) in [6, 6.07) is 24.6. The number of benzene rings is 3. The van der Waals surface area contributed by atoms with Gasteiger partial charge in [0.05, 0.1) is 13.7 Å². The molecule has 0 saturated carbocycles. The van der Waals surface area contributed by atoms with E-state index in [1.165, 1.54) is 0 Å². The Hall–Kier alpha value is -3.80. The SMILES string of the molecule is CNC(=O)[C@@H](Cc1ccccc1)N(Cc1ccc(C)cc1)C(=O)CCCOc1ccc(OC)cc1. The zero-order valence-corrected chi connectivity index (χ0v) is 20.7. The van der Waals surface area contributed by atoms with Gasteiger partial charge >= 0.3 is 0 Å². The molecule has 0 bridgehead atoms. The molecule has 184 valence electrons. The van der Waals surface area contributed by atoms with Crippen LogP contribution in [0.1, 0.15) is 29.5 Å². The summed E-state index contributed by atoms with van der Waals surface area (Å²) in [5.74, 6) is 1.23. The van der Waals surface area contributed by atoms with Gasteiger partial charge in [-0.2, -0.15) is 0 Å². The Labute approximate surface area is 207 Å². The van der Waals surface area contributed by atoms with E-state index < -0.39 is 6.04 Å². The highest BCUT2D eigenvalue weighted by Gasteiger charge is 2.29. The Morgan fingerprint density at radius 3 is 2.17 bits per heavy atom. The van der Waals surface area contributed by atoms with Crippen LogP contribution in [-0.4, -0.2) is 43.5 Å². The van der Waals surface area contributed by atoms with E-state index in [-0.39, 0.29) is 18.2 Å². The Kier molecular flexibility index (Phi) is 9.72. The van der Waals surface area contributed by atoms with Gasteiger partial charge in [-0.05, 0) is 48.7 Å². The summed E-state index contributed by atoms with van der Waals surface area (Å²) in [5, 5.41) is 2.75. The predicted octanol–water partition coefficient (Wildman–Crippen LogP) is 4.55. The van der Waals surface area contributed by atoms with E-state index in [1.54, 1.807) is 19.1 Å². The van der Waals surface area contributed by atoms with Gasteiger partial charge in [-0.15, -0.1) is 0 Å². The molecule has 0 spiro atoms. The Bertz CT molecular complexity index is 1070. The lowest BCUT2D eigenvalue weighted by molar-refractivity contribution is -0.141. The minimum atomic E-state index is -0.612. The van der Waals surface area contributed by atoms with Gasteiger partial charge in [0.15, 0.2) is 0 Å². The third kappa shape index (κ3) is 7.88. The smallest absolute Gasteiger partial charge is 0.242 e. The molecule has 0 saturated heterocycles. The van der Waals surface area contributed by atoms with E-state index in [0.717, 1.165) is 28.2 Å². The first-order valence-corrected chi connectivity index (χ1v) is 11.9.